The van der Waals surface area contributed by atoms with E-state index >= 15 is 0 Å². The number of nitrogens with one attached hydrogen (secondary N) is 1. The van der Waals surface area contributed by atoms with E-state index in [1.165, 1.54) is 0 Å². The number of rotatable bonds is 1. The van der Waals surface area contributed by atoms with Crippen molar-refractivity contribution in [2.45, 2.75) is 6.18 Å². The summed E-state index contributed by atoms with van der Waals surface area (Å²) in [4.78, 5) is 19.4. The fourth-order valence-corrected chi connectivity index (χ4v) is 0.957. The largest absolute Gasteiger partial charge is 0.439 e. The number of nitrogens with zero attached hydrogens (tertiary/aromatic N) is 3. The molecule has 2 aromatic rings. The fraction of sp³-hybridized carbons (Fsp3) is 0.143. The molecule has 2 aromatic heterocycles. The Morgan fingerprint density at radius 2 is 2.12 bits per heavy atom. The Hall–Kier alpha value is -2.19. The Kier molecular flexibility index (Phi) is 2.22. The van der Waals surface area contributed by atoms with E-state index in [1.54, 1.807) is 0 Å². The first kappa shape index (κ1) is 10.3. The van der Waals surface area contributed by atoms with Gasteiger partial charge in [-0.25, -0.2) is 14.8 Å². The summed E-state index contributed by atoms with van der Waals surface area (Å²) < 4.78 is 41.0. The van der Waals surface area contributed by atoms with Gasteiger partial charge < -0.3 is 0 Å². The topological polar surface area (TPSA) is 84.7 Å². The first-order valence-electron chi connectivity index (χ1n) is 3.93. The summed E-state index contributed by atoms with van der Waals surface area (Å²) in [6, 6.07) is 0.710. The first-order chi connectivity index (χ1) is 7.47. The molecule has 2 heterocycles. The lowest BCUT2D eigenvalue weighted by Gasteiger charge is -2.04. The number of aromatic nitrogens is 4. The minimum absolute atomic E-state index is 0.254. The van der Waals surface area contributed by atoms with Gasteiger partial charge in [-0.1, -0.05) is 5.16 Å². The van der Waals surface area contributed by atoms with Crippen molar-refractivity contribution in [1.29, 1.82) is 0 Å². The predicted octanol–water partition coefficient (Wildman–Crippen LogP) is 0.839. The maximum atomic E-state index is 12.3. The number of hydrogen-bond donors (Lipinski definition) is 1. The summed E-state index contributed by atoms with van der Waals surface area (Å²) in [5, 5.41) is 3.17. The standard InChI is InChI=1S/C7H3F3N4O2/c8-7(9,10)3-1-2-11-4(12-3)5-13-6(15)16-14-5/h1-2H,(H,13,14,15). The maximum Gasteiger partial charge on any atom is 0.439 e. The molecule has 6 nitrogen and oxygen atoms in total. The molecule has 0 radical (unpaired) electrons. The molecular weight excluding hydrogens is 229 g/mol. The summed E-state index contributed by atoms with van der Waals surface area (Å²) in [5.74, 6) is -1.51. The normalized spacial score (nSPS) is 11.7. The van der Waals surface area contributed by atoms with Crippen LogP contribution in [0.2, 0.25) is 0 Å². The van der Waals surface area contributed by atoms with Gasteiger partial charge in [0, 0.05) is 6.20 Å². The van der Waals surface area contributed by atoms with Crippen molar-refractivity contribution >= 4 is 0 Å². The van der Waals surface area contributed by atoms with Crippen LogP contribution in [0.4, 0.5) is 13.2 Å². The lowest BCUT2D eigenvalue weighted by Crippen LogP contribution is -2.09. The Labute approximate surface area is 85.1 Å². The van der Waals surface area contributed by atoms with E-state index < -0.39 is 17.6 Å². The molecule has 1 N–H and O–H groups in total. The third-order valence-electron chi connectivity index (χ3n) is 1.60. The Morgan fingerprint density at radius 3 is 2.69 bits per heavy atom. The minimum atomic E-state index is -4.58. The van der Waals surface area contributed by atoms with Crippen LogP contribution >= 0.6 is 0 Å². The molecule has 0 amide bonds. The molecule has 0 aliphatic carbocycles. The molecule has 16 heavy (non-hydrogen) atoms. The summed E-state index contributed by atoms with van der Waals surface area (Å²) in [7, 11) is 0. The highest BCUT2D eigenvalue weighted by molar-refractivity contribution is 5.40. The molecule has 0 aliphatic heterocycles. The van der Waals surface area contributed by atoms with Gasteiger partial charge in [0.05, 0.1) is 0 Å². The minimum Gasteiger partial charge on any atom is -0.295 e. The Bertz CT molecular complexity index is 559. The molecule has 9 heteroatoms. The molecule has 0 bridgehead atoms. The number of halogens is 3. The molecule has 2 rings (SSSR count). The average molecular weight is 232 g/mol. The van der Waals surface area contributed by atoms with E-state index in [2.05, 4.69) is 19.6 Å². The van der Waals surface area contributed by atoms with Crippen molar-refractivity contribution in [2.75, 3.05) is 0 Å². The third-order valence-corrected chi connectivity index (χ3v) is 1.60. The van der Waals surface area contributed by atoms with Gasteiger partial charge in [0.1, 0.15) is 5.69 Å². The van der Waals surface area contributed by atoms with E-state index in [4.69, 9.17) is 0 Å². The van der Waals surface area contributed by atoms with Crippen LogP contribution in [0.5, 0.6) is 0 Å². The average Bonchev–Trinajstić information content (AvgIpc) is 2.64. The van der Waals surface area contributed by atoms with Crippen LogP contribution in [0.25, 0.3) is 11.6 Å². The van der Waals surface area contributed by atoms with Gasteiger partial charge in [0.15, 0.2) is 5.82 Å². The van der Waals surface area contributed by atoms with E-state index in [1.807, 2.05) is 4.98 Å². The van der Waals surface area contributed by atoms with Crippen molar-refractivity contribution in [3.8, 4) is 11.6 Å². The summed E-state index contributed by atoms with van der Waals surface area (Å²) in [6.07, 6.45) is -3.67. The zero-order chi connectivity index (χ0) is 11.8. The highest BCUT2D eigenvalue weighted by Crippen LogP contribution is 2.27. The van der Waals surface area contributed by atoms with Crippen molar-refractivity contribution in [3.05, 3.63) is 28.5 Å². The third kappa shape index (κ3) is 1.92. The lowest BCUT2D eigenvalue weighted by atomic mass is 10.4. The molecule has 0 aliphatic rings. The monoisotopic (exact) mass is 232 g/mol. The molecule has 0 spiro atoms. The van der Waals surface area contributed by atoms with Gasteiger partial charge in [-0.15, -0.1) is 0 Å². The van der Waals surface area contributed by atoms with Crippen LogP contribution in [-0.2, 0) is 6.18 Å². The zero-order valence-electron chi connectivity index (χ0n) is 7.45. The molecule has 0 unspecified atom stereocenters. The van der Waals surface area contributed by atoms with E-state index in [0.29, 0.717) is 6.07 Å². The van der Waals surface area contributed by atoms with Gasteiger partial charge in [-0.05, 0) is 6.07 Å². The van der Waals surface area contributed by atoms with Gasteiger partial charge in [0.2, 0.25) is 5.82 Å². The second kappa shape index (κ2) is 3.43. The van der Waals surface area contributed by atoms with Gasteiger partial charge in [-0.3, -0.25) is 9.51 Å². The highest BCUT2D eigenvalue weighted by Gasteiger charge is 2.33. The SMILES string of the molecule is O=c1[nH]c(-c2nccc(C(F)(F)F)n2)no1. The molecule has 0 fully saturated rings. The summed E-state index contributed by atoms with van der Waals surface area (Å²) in [6.45, 7) is 0. The van der Waals surface area contributed by atoms with Gasteiger partial charge in [0.25, 0.3) is 0 Å². The van der Waals surface area contributed by atoms with Crippen molar-refractivity contribution in [3.63, 3.8) is 0 Å². The number of H-pyrrole nitrogens is 1. The molecule has 0 aromatic carbocycles. The van der Waals surface area contributed by atoms with Crippen LogP contribution in [0, 0.1) is 0 Å². The molecular formula is C7H3F3N4O2. The number of aromatic amines is 1. The van der Waals surface area contributed by atoms with Crippen molar-refractivity contribution in [1.82, 2.24) is 20.1 Å². The summed E-state index contributed by atoms with van der Waals surface area (Å²) in [5.41, 5.74) is -1.12. The Morgan fingerprint density at radius 1 is 1.38 bits per heavy atom. The maximum absolute atomic E-state index is 12.3. The predicted molar refractivity (Wildman–Crippen MR) is 43.2 cm³/mol. The second-order valence-electron chi connectivity index (χ2n) is 2.71. The number of alkyl halides is 3. The molecule has 0 atom stereocenters. The quantitative estimate of drug-likeness (QED) is 0.787. The van der Waals surface area contributed by atoms with Crippen LogP contribution in [0.1, 0.15) is 5.69 Å². The van der Waals surface area contributed by atoms with Crippen LogP contribution < -0.4 is 5.76 Å². The number of hydrogen-bond acceptors (Lipinski definition) is 5. The van der Waals surface area contributed by atoms with E-state index in [0.717, 1.165) is 6.20 Å². The second-order valence-corrected chi connectivity index (χ2v) is 2.71. The first-order valence-corrected chi connectivity index (χ1v) is 3.93. The molecule has 0 saturated heterocycles. The fourth-order valence-electron chi connectivity index (χ4n) is 0.957. The van der Waals surface area contributed by atoms with Gasteiger partial charge in [-0.2, -0.15) is 13.2 Å². The highest BCUT2D eigenvalue weighted by atomic mass is 19.4. The van der Waals surface area contributed by atoms with Crippen LogP contribution in [-0.4, -0.2) is 20.1 Å². The van der Waals surface area contributed by atoms with Gasteiger partial charge >= 0.3 is 11.9 Å². The zero-order valence-corrected chi connectivity index (χ0v) is 7.45. The smallest absolute Gasteiger partial charge is 0.295 e. The van der Waals surface area contributed by atoms with E-state index in [-0.39, 0.29) is 11.6 Å². The van der Waals surface area contributed by atoms with Crippen molar-refractivity contribution in [2.24, 2.45) is 0 Å². The van der Waals surface area contributed by atoms with Crippen molar-refractivity contribution < 1.29 is 17.7 Å². The van der Waals surface area contributed by atoms with Crippen LogP contribution in [0.15, 0.2) is 21.6 Å². The molecule has 84 valence electrons. The van der Waals surface area contributed by atoms with E-state index in [9.17, 15) is 18.0 Å². The van der Waals surface area contributed by atoms with Crippen LogP contribution in [0.3, 0.4) is 0 Å². The summed E-state index contributed by atoms with van der Waals surface area (Å²) >= 11 is 0. The molecule has 0 saturated carbocycles. The lowest BCUT2D eigenvalue weighted by molar-refractivity contribution is -0.141. The Balaban J connectivity index is 2.48.